The summed E-state index contributed by atoms with van der Waals surface area (Å²) in [5, 5.41) is 21.9. The average Bonchev–Trinajstić information content (AvgIpc) is 2.46. The molecule has 1 aromatic rings. The number of benzene rings is 1. The number of hydrogen-bond donors (Lipinski definition) is 2. The molecule has 22 heavy (non-hydrogen) atoms. The maximum Gasteiger partial charge on any atom is 0.341 e. The summed E-state index contributed by atoms with van der Waals surface area (Å²) in [5.74, 6) is -0.0214. The van der Waals surface area contributed by atoms with Crippen LogP contribution in [0.2, 0.25) is 0 Å². The zero-order valence-corrected chi connectivity index (χ0v) is 13.8. The minimum absolute atomic E-state index is 0.0579. The number of hydrogen-bond acceptors (Lipinski definition) is 4. The standard InChI is InChI=1S/C18H26O4/c1-11(2)14-9-8-12(3)10-18(14,21)15-7-5-6-13(16(15)19)17(20)22-4/h5-7,11-12,14,19,21H,8-10H2,1-4H3/t12-,14+,18-/m1/s1. The second-order valence-corrected chi connectivity index (χ2v) is 6.85. The number of phenolic OH excluding ortho intramolecular Hbond substituents is 1. The van der Waals surface area contributed by atoms with Gasteiger partial charge in [0.1, 0.15) is 11.3 Å². The predicted molar refractivity (Wildman–Crippen MR) is 84.7 cm³/mol. The Morgan fingerprint density at radius 2 is 2.05 bits per heavy atom. The van der Waals surface area contributed by atoms with Gasteiger partial charge in [-0.25, -0.2) is 4.79 Å². The number of phenols is 1. The van der Waals surface area contributed by atoms with Crippen molar-refractivity contribution in [2.75, 3.05) is 7.11 Å². The van der Waals surface area contributed by atoms with Gasteiger partial charge in [-0.15, -0.1) is 0 Å². The first-order valence-corrected chi connectivity index (χ1v) is 7.94. The second-order valence-electron chi connectivity index (χ2n) is 6.85. The van der Waals surface area contributed by atoms with Crippen LogP contribution in [0.25, 0.3) is 0 Å². The van der Waals surface area contributed by atoms with E-state index in [2.05, 4.69) is 20.8 Å². The van der Waals surface area contributed by atoms with E-state index in [0.717, 1.165) is 12.8 Å². The monoisotopic (exact) mass is 306 g/mol. The van der Waals surface area contributed by atoms with E-state index in [-0.39, 0.29) is 17.2 Å². The number of aromatic hydroxyl groups is 1. The smallest absolute Gasteiger partial charge is 0.341 e. The number of rotatable bonds is 3. The highest BCUT2D eigenvalue weighted by Crippen LogP contribution is 2.49. The molecule has 0 unspecified atom stereocenters. The number of carbonyl (C=O) groups is 1. The van der Waals surface area contributed by atoms with Crippen LogP contribution >= 0.6 is 0 Å². The molecule has 4 nitrogen and oxygen atoms in total. The maximum atomic E-state index is 11.8. The molecule has 0 amide bonds. The lowest BCUT2D eigenvalue weighted by molar-refractivity contribution is -0.0878. The number of para-hydroxylation sites is 1. The van der Waals surface area contributed by atoms with Crippen LogP contribution < -0.4 is 0 Å². The van der Waals surface area contributed by atoms with Crippen molar-refractivity contribution in [2.24, 2.45) is 17.8 Å². The van der Waals surface area contributed by atoms with Gasteiger partial charge in [0, 0.05) is 5.56 Å². The summed E-state index contributed by atoms with van der Waals surface area (Å²) in [6.07, 6.45) is 2.58. The molecule has 3 atom stereocenters. The fourth-order valence-corrected chi connectivity index (χ4v) is 3.85. The quantitative estimate of drug-likeness (QED) is 0.839. The molecule has 0 radical (unpaired) electrons. The summed E-state index contributed by atoms with van der Waals surface area (Å²) in [4.78, 5) is 11.8. The summed E-state index contributed by atoms with van der Waals surface area (Å²) in [6.45, 7) is 6.29. The van der Waals surface area contributed by atoms with Crippen molar-refractivity contribution in [3.8, 4) is 5.75 Å². The third kappa shape index (κ3) is 2.84. The molecule has 0 heterocycles. The van der Waals surface area contributed by atoms with Crippen LogP contribution in [-0.4, -0.2) is 23.3 Å². The molecule has 122 valence electrons. The zero-order valence-electron chi connectivity index (χ0n) is 13.8. The Hall–Kier alpha value is -1.55. The van der Waals surface area contributed by atoms with Crippen LogP contribution in [0, 0.1) is 17.8 Å². The molecule has 0 saturated heterocycles. The van der Waals surface area contributed by atoms with Gasteiger partial charge < -0.3 is 14.9 Å². The SMILES string of the molecule is COC(=O)c1cccc([C@@]2(O)C[C@H](C)CC[C@H]2C(C)C)c1O. The third-order valence-corrected chi connectivity index (χ3v) is 4.96. The van der Waals surface area contributed by atoms with Gasteiger partial charge in [-0.3, -0.25) is 0 Å². The summed E-state index contributed by atoms with van der Waals surface area (Å²) in [7, 11) is 1.28. The van der Waals surface area contributed by atoms with Crippen molar-refractivity contribution in [1.29, 1.82) is 0 Å². The van der Waals surface area contributed by atoms with Gasteiger partial charge in [0.05, 0.1) is 12.7 Å². The normalized spacial score (nSPS) is 28.6. The molecule has 0 aliphatic heterocycles. The fraction of sp³-hybridized carbons (Fsp3) is 0.611. The number of ether oxygens (including phenoxy) is 1. The fourth-order valence-electron chi connectivity index (χ4n) is 3.85. The summed E-state index contributed by atoms with van der Waals surface area (Å²) >= 11 is 0. The lowest BCUT2D eigenvalue weighted by atomic mass is 9.64. The van der Waals surface area contributed by atoms with E-state index in [0.29, 0.717) is 23.8 Å². The van der Waals surface area contributed by atoms with Gasteiger partial charge in [-0.2, -0.15) is 0 Å². The molecule has 0 bridgehead atoms. The van der Waals surface area contributed by atoms with Gasteiger partial charge in [-0.05, 0) is 36.7 Å². The van der Waals surface area contributed by atoms with Crippen LogP contribution in [0.1, 0.15) is 56.0 Å². The number of aliphatic hydroxyl groups is 1. The lowest BCUT2D eigenvalue weighted by Crippen LogP contribution is -2.43. The summed E-state index contributed by atoms with van der Waals surface area (Å²) < 4.78 is 4.71. The Balaban J connectivity index is 2.53. The van der Waals surface area contributed by atoms with E-state index in [1.54, 1.807) is 12.1 Å². The van der Waals surface area contributed by atoms with Gasteiger partial charge in [0.15, 0.2) is 0 Å². The van der Waals surface area contributed by atoms with Crippen molar-refractivity contribution in [1.82, 2.24) is 0 Å². The molecule has 1 aromatic carbocycles. The summed E-state index contributed by atoms with van der Waals surface area (Å²) in [6, 6.07) is 4.93. The molecule has 1 fully saturated rings. The van der Waals surface area contributed by atoms with Crippen molar-refractivity contribution < 1.29 is 19.7 Å². The van der Waals surface area contributed by atoms with Gasteiger partial charge in [-0.1, -0.05) is 39.3 Å². The lowest BCUT2D eigenvalue weighted by Gasteiger charge is -2.45. The van der Waals surface area contributed by atoms with Crippen LogP contribution in [0.5, 0.6) is 5.75 Å². The molecular weight excluding hydrogens is 280 g/mol. The van der Waals surface area contributed by atoms with E-state index in [1.165, 1.54) is 13.2 Å². The predicted octanol–water partition coefficient (Wildman–Crippen LogP) is 3.46. The van der Waals surface area contributed by atoms with Gasteiger partial charge >= 0.3 is 5.97 Å². The van der Waals surface area contributed by atoms with Crippen LogP contribution in [0.4, 0.5) is 0 Å². The Morgan fingerprint density at radius 3 is 2.64 bits per heavy atom. The van der Waals surface area contributed by atoms with E-state index >= 15 is 0 Å². The first kappa shape index (κ1) is 16.8. The van der Waals surface area contributed by atoms with E-state index in [1.807, 2.05) is 0 Å². The molecular formula is C18H26O4. The number of methoxy groups -OCH3 is 1. The molecule has 2 N–H and O–H groups in total. The Labute approximate surface area is 132 Å². The average molecular weight is 306 g/mol. The topological polar surface area (TPSA) is 66.8 Å². The number of esters is 1. The highest BCUT2D eigenvalue weighted by atomic mass is 16.5. The minimum atomic E-state index is -1.11. The van der Waals surface area contributed by atoms with Crippen LogP contribution in [0.15, 0.2) is 18.2 Å². The van der Waals surface area contributed by atoms with Gasteiger partial charge in [0.2, 0.25) is 0 Å². The highest BCUT2D eigenvalue weighted by Gasteiger charge is 2.45. The van der Waals surface area contributed by atoms with Crippen LogP contribution in [0.3, 0.4) is 0 Å². The summed E-state index contributed by atoms with van der Waals surface area (Å²) in [5.41, 5.74) is -0.560. The number of carbonyl (C=O) groups excluding carboxylic acids is 1. The largest absolute Gasteiger partial charge is 0.507 e. The van der Waals surface area contributed by atoms with Crippen molar-refractivity contribution in [3.63, 3.8) is 0 Å². The van der Waals surface area contributed by atoms with Gasteiger partial charge in [0.25, 0.3) is 0 Å². The van der Waals surface area contributed by atoms with Crippen molar-refractivity contribution in [3.05, 3.63) is 29.3 Å². The molecule has 1 saturated carbocycles. The molecule has 0 spiro atoms. The third-order valence-electron chi connectivity index (χ3n) is 4.96. The maximum absolute atomic E-state index is 11.8. The second kappa shape index (κ2) is 6.29. The molecule has 4 heteroatoms. The Morgan fingerprint density at radius 1 is 1.36 bits per heavy atom. The highest BCUT2D eigenvalue weighted by molar-refractivity contribution is 5.92. The Bertz CT molecular complexity index is 552. The zero-order chi connectivity index (χ0) is 16.5. The molecule has 2 rings (SSSR count). The van der Waals surface area contributed by atoms with Crippen molar-refractivity contribution >= 4 is 5.97 Å². The first-order valence-electron chi connectivity index (χ1n) is 7.94. The molecule has 1 aliphatic carbocycles. The van der Waals surface area contributed by atoms with Crippen molar-refractivity contribution in [2.45, 2.75) is 45.6 Å². The molecule has 0 aromatic heterocycles. The van der Waals surface area contributed by atoms with E-state index in [4.69, 9.17) is 4.74 Å². The Kier molecular flexibility index (Phi) is 4.81. The molecule has 1 aliphatic rings. The van der Waals surface area contributed by atoms with E-state index in [9.17, 15) is 15.0 Å². The van der Waals surface area contributed by atoms with Crippen LogP contribution in [-0.2, 0) is 10.3 Å². The first-order chi connectivity index (χ1) is 10.3. The van der Waals surface area contributed by atoms with E-state index < -0.39 is 11.6 Å². The minimum Gasteiger partial charge on any atom is -0.507 e.